The molecule has 0 bridgehead atoms. The Morgan fingerprint density at radius 3 is 2.15 bits per heavy atom. The number of urea groups is 1. The first-order valence-electron chi connectivity index (χ1n) is 8.66. The summed E-state index contributed by atoms with van der Waals surface area (Å²) >= 11 is 0. The second-order valence-electron chi connectivity index (χ2n) is 5.76. The molecule has 0 aliphatic carbocycles. The molecule has 0 saturated carbocycles. The Bertz CT molecular complexity index is 802. The molecule has 0 aliphatic rings. The summed E-state index contributed by atoms with van der Waals surface area (Å²) in [6, 6.07) is 15.7. The zero-order chi connectivity index (χ0) is 19.0. The number of rotatable bonds is 8. The molecule has 0 atom stereocenters. The molecule has 140 valence electrons. The minimum Gasteiger partial charge on any atom is -0.325 e. The van der Waals surface area contributed by atoms with Crippen LogP contribution in [-0.2, 0) is 16.4 Å². The van der Waals surface area contributed by atoms with Crippen molar-refractivity contribution < 1.29 is 13.2 Å². The maximum Gasteiger partial charge on any atom is 0.321 e. The van der Waals surface area contributed by atoms with Crippen LogP contribution in [0.3, 0.4) is 0 Å². The monoisotopic (exact) mass is 375 g/mol. The maximum atomic E-state index is 12.4. The Labute approximate surface area is 155 Å². The molecule has 0 spiro atoms. The summed E-state index contributed by atoms with van der Waals surface area (Å²) in [5, 5.41) is 2.76. The van der Waals surface area contributed by atoms with Crippen LogP contribution < -0.4 is 10.0 Å². The zero-order valence-electron chi connectivity index (χ0n) is 15.1. The molecule has 2 aromatic rings. The number of amides is 2. The van der Waals surface area contributed by atoms with Crippen LogP contribution in [0.15, 0.2) is 59.5 Å². The maximum absolute atomic E-state index is 12.4. The molecular formula is C19H25N3O3S. The van der Waals surface area contributed by atoms with Crippen molar-refractivity contribution in [2.75, 3.05) is 25.0 Å². The standard InChI is InChI=1S/C19H25N3O3S/c1-3-22(4-2)19(23)21-17-10-12-18(13-11-17)26(24,25)20-15-14-16-8-6-5-7-9-16/h5-13,20H,3-4,14-15H2,1-2H3,(H,21,23). The van der Waals surface area contributed by atoms with E-state index < -0.39 is 10.0 Å². The molecular weight excluding hydrogens is 350 g/mol. The molecule has 0 aliphatic heterocycles. The first-order chi connectivity index (χ1) is 12.5. The third-order valence-electron chi connectivity index (χ3n) is 4.02. The normalized spacial score (nSPS) is 11.2. The van der Waals surface area contributed by atoms with Crippen molar-refractivity contribution in [2.24, 2.45) is 0 Å². The molecule has 6 nitrogen and oxygen atoms in total. The largest absolute Gasteiger partial charge is 0.325 e. The molecule has 0 saturated heterocycles. The van der Waals surface area contributed by atoms with E-state index in [1.807, 2.05) is 44.2 Å². The molecule has 0 aromatic heterocycles. The summed E-state index contributed by atoms with van der Waals surface area (Å²) in [5.74, 6) is 0. The van der Waals surface area contributed by atoms with Crippen LogP contribution in [0.2, 0.25) is 0 Å². The number of nitrogens with zero attached hydrogens (tertiary/aromatic N) is 1. The van der Waals surface area contributed by atoms with Gasteiger partial charge in [-0.15, -0.1) is 0 Å². The van der Waals surface area contributed by atoms with Crippen molar-refractivity contribution in [3.63, 3.8) is 0 Å². The van der Waals surface area contributed by atoms with Gasteiger partial charge in [-0.3, -0.25) is 0 Å². The lowest BCUT2D eigenvalue weighted by Crippen LogP contribution is -2.34. The van der Waals surface area contributed by atoms with E-state index in [-0.39, 0.29) is 10.9 Å². The highest BCUT2D eigenvalue weighted by atomic mass is 32.2. The lowest BCUT2D eigenvalue weighted by molar-refractivity contribution is 0.217. The van der Waals surface area contributed by atoms with Crippen LogP contribution in [-0.4, -0.2) is 39.0 Å². The smallest absolute Gasteiger partial charge is 0.321 e. The molecule has 2 aromatic carbocycles. The molecule has 2 amide bonds. The summed E-state index contributed by atoms with van der Waals surface area (Å²) in [5.41, 5.74) is 1.63. The Morgan fingerprint density at radius 1 is 0.962 bits per heavy atom. The van der Waals surface area contributed by atoms with Gasteiger partial charge in [0.1, 0.15) is 0 Å². The Morgan fingerprint density at radius 2 is 1.58 bits per heavy atom. The van der Waals surface area contributed by atoms with Gasteiger partial charge in [0.25, 0.3) is 0 Å². The van der Waals surface area contributed by atoms with E-state index in [0.717, 1.165) is 5.56 Å². The van der Waals surface area contributed by atoms with Gasteiger partial charge in [0.05, 0.1) is 4.90 Å². The van der Waals surface area contributed by atoms with Crippen LogP contribution in [0.1, 0.15) is 19.4 Å². The van der Waals surface area contributed by atoms with Crippen molar-refractivity contribution in [2.45, 2.75) is 25.2 Å². The van der Waals surface area contributed by atoms with Gasteiger partial charge < -0.3 is 10.2 Å². The first kappa shape index (κ1) is 19.9. The minimum absolute atomic E-state index is 0.173. The first-order valence-corrected chi connectivity index (χ1v) is 10.1. The van der Waals surface area contributed by atoms with E-state index >= 15 is 0 Å². The van der Waals surface area contributed by atoms with Gasteiger partial charge in [0, 0.05) is 25.3 Å². The highest BCUT2D eigenvalue weighted by molar-refractivity contribution is 7.89. The van der Waals surface area contributed by atoms with E-state index in [0.29, 0.717) is 31.7 Å². The highest BCUT2D eigenvalue weighted by Crippen LogP contribution is 2.14. The van der Waals surface area contributed by atoms with Crippen molar-refractivity contribution in [1.82, 2.24) is 9.62 Å². The van der Waals surface area contributed by atoms with Gasteiger partial charge >= 0.3 is 6.03 Å². The second kappa shape index (κ2) is 9.35. The number of hydrogen-bond acceptors (Lipinski definition) is 3. The number of carbonyl (C=O) groups excluding carboxylic acids is 1. The summed E-state index contributed by atoms with van der Waals surface area (Å²) < 4.78 is 27.3. The van der Waals surface area contributed by atoms with Gasteiger partial charge in [0.15, 0.2) is 0 Å². The molecule has 2 rings (SSSR count). The zero-order valence-corrected chi connectivity index (χ0v) is 15.9. The lowest BCUT2D eigenvalue weighted by atomic mass is 10.2. The molecule has 7 heteroatoms. The SMILES string of the molecule is CCN(CC)C(=O)Nc1ccc(S(=O)(=O)NCCc2ccccc2)cc1. The molecule has 0 radical (unpaired) electrons. The predicted octanol–water partition coefficient (Wildman–Crippen LogP) is 3.08. The number of anilines is 1. The van der Waals surface area contributed by atoms with E-state index in [4.69, 9.17) is 0 Å². The minimum atomic E-state index is -3.57. The van der Waals surface area contributed by atoms with E-state index in [9.17, 15) is 13.2 Å². The third-order valence-corrected chi connectivity index (χ3v) is 5.49. The number of hydrogen-bond donors (Lipinski definition) is 2. The third kappa shape index (κ3) is 5.57. The van der Waals surface area contributed by atoms with Crippen LogP contribution in [0.4, 0.5) is 10.5 Å². The van der Waals surface area contributed by atoms with E-state index in [2.05, 4.69) is 10.0 Å². The molecule has 2 N–H and O–H groups in total. The van der Waals surface area contributed by atoms with Crippen molar-refractivity contribution >= 4 is 21.7 Å². The summed E-state index contributed by atoms with van der Waals surface area (Å²) in [6.45, 7) is 5.35. The fourth-order valence-electron chi connectivity index (χ4n) is 2.49. The summed E-state index contributed by atoms with van der Waals surface area (Å²) in [7, 11) is -3.57. The summed E-state index contributed by atoms with van der Waals surface area (Å²) in [6.07, 6.45) is 0.623. The van der Waals surface area contributed by atoms with Crippen molar-refractivity contribution in [3.05, 3.63) is 60.2 Å². The lowest BCUT2D eigenvalue weighted by Gasteiger charge is -2.19. The quantitative estimate of drug-likeness (QED) is 0.744. The van der Waals surface area contributed by atoms with Crippen LogP contribution in [0.5, 0.6) is 0 Å². The van der Waals surface area contributed by atoms with Crippen LogP contribution >= 0.6 is 0 Å². The molecule has 26 heavy (non-hydrogen) atoms. The summed E-state index contributed by atoms with van der Waals surface area (Å²) in [4.78, 5) is 13.8. The topological polar surface area (TPSA) is 78.5 Å². The molecule has 0 unspecified atom stereocenters. The second-order valence-corrected chi connectivity index (χ2v) is 7.53. The number of carbonyl (C=O) groups is 1. The Balaban J connectivity index is 1.94. The fraction of sp³-hybridized carbons (Fsp3) is 0.316. The fourth-order valence-corrected chi connectivity index (χ4v) is 3.52. The van der Waals surface area contributed by atoms with E-state index in [1.54, 1.807) is 17.0 Å². The average Bonchev–Trinajstić information content (AvgIpc) is 2.64. The molecule has 0 heterocycles. The number of sulfonamides is 1. The van der Waals surface area contributed by atoms with Gasteiger partial charge in [-0.2, -0.15) is 0 Å². The highest BCUT2D eigenvalue weighted by Gasteiger charge is 2.14. The Hall–Kier alpha value is -2.38. The van der Waals surface area contributed by atoms with Gasteiger partial charge in [-0.05, 0) is 50.1 Å². The van der Waals surface area contributed by atoms with E-state index in [1.165, 1.54) is 12.1 Å². The number of nitrogens with one attached hydrogen (secondary N) is 2. The molecule has 0 fully saturated rings. The van der Waals surface area contributed by atoms with Crippen LogP contribution in [0.25, 0.3) is 0 Å². The van der Waals surface area contributed by atoms with Gasteiger partial charge in [-0.25, -0.2) is 17.9 Å². The van der Waals surface area contributed by atoms with Gasteiger partial charge in [-0.1, -0.05) is 30.3 Å². The van der Waals surface area contributed by atoms with Crippen molar-refractivity contribution in [3.8, 4) is 0 Å². The Kier molecular flexibility index (Phi) is 7.17. The average molecular weight is 375 g/mol. The predicted molar refractivity (Wildman–Crippen MR) is 104 cm³/mol. The van der Waals surface area contributed by atoms with Crippen molar-refractivity contribution in [1.29, 1.82) is 0 Å². The number of benzene rings is 2. The van der Waals surface area contributed by atoms with Gasteiger partial charge in [0.2, 0.25) is 10.0 Å². The van der Waals surface area contributed by atoms with Crippen LogP contribution in [0, 0.1) is 0 Å².